The molecule has 1 heterocycles. The summed E-state index contributed by atoms with van der Waals surface area (Å²) in [5.41, 5.74) is 2.81. The highest BCUT2D eigenvalue weighted by Crippen LogP contribution is 2.33. The van der Waals surface area contributed by atoms with Gasteiger partial charge in [-0.15, -0.1) is 12.4 Å². The Morgan fingerprint density at radius 2 is 1.83 bits per heavy atom. The highest BCUT2D eigenvalue weighted by atomic mass is 35.5. The summed E-state index contributed by atoms with van der Waals surface area (Å²) in [6.45, 7) is 9.10. The Hall–Kier alpha value is -1.06. The lowest BCUT2D eigenvalue weighted by molar-refractivity contribution is -0.131. The Morgan fingerprint density at radius 1 is 1.17 bits per heavy atom. The normalized spacial score (nSPS) is 20.8. The topological polar surface area (TPSA) is 32.3 Å². The summed E-state index contributed by atoms with van der Waals surface area (Å²) in [6.07, 6.45) is 4.85. The van der Waals surface area contributed by atoms with E-state index in [1.54, 1.807) is 0 Å². The molecule has 24 heavy (non-hydrogen) atoms. The number of hydrogen-bond donors (Lipinski definition) is 1. The van der Waals surface area contributed by atoms with Crippen LogP contribution in [0.2, 0.25) is 0 Å². The standard InChI is InChI=1S/C20H30N2O.ClH/c1-20(2,3)17-10-8-16(9-11-17)18-5-4-12-22(18)19(23)14-21-13-15-6-7-15;/h8-11,15,18,21H,4-7,12-14H2,1-3H3;1H. The van der Waals surface area contributed by atoms with Gasteiger partial charge in [0.05, 0.1) is 12.6 Å². The van der Waals surface area contributed by atoms with Crippen molar-refractivity contribution in [3.63, 3.8) is 0 Å². The number of likely N-dealkylation sites (tertiary alicyclic amines) is 1. The molecule has 0 aromatic heterocycles. The molecule has 1 aromatic carbocycles. The first-order valence-electron chi connectivity index (χ1n) is 9.06. The molecule has 1 aliphatic heterocycles. The van der Waals surface area contributed by atoms with Crippen molar-refractivity contribution in [2.75, 3.05) is 19.6 Å². The average Bonchev–Trinajstić information content (AvgIpc) is 3.20. The first kappa shape index (κ1) is 19.3. The minimum absolute atomic E-state index is 0. The molecular weight excluding hydrogens is 320 g/mol. The lowest BCUT2D eigenvalue weighted by atomic mass is 9.86. The van der Waals surface area contributed by atoms with Gasteiger partial charge in [0.15, 0.2) is 0 Å². The van der Waals surface area contributed by atoms with Crippen LogP contribution in [-0.4, -0.2) is 30.4 Å². The Labute approximate surface area is 152 Å². The average molecular weight is 351 g/mol. The Bertz CT molecular complexity index is 546. The molecule has 4 heteroatoms. The van der Waals surface area contributed by atoms with Gasteiger partial charge in [0.2, 0.25) is 5.91 Å². The molecular formula is C20H31ClN2O. The molecule has 0 radical (unpaired) electrons. The van der Waals surface area contributed by atoms with E-state index in [1.165, 1.54) is 24.0 Å². The highest BCUT2D eigenvalue weighted by Gasteiger charge is 2.30. The van der Waals surface area contributed by atoms with Crippen LogP contribution in [0.25, 0.3) is 0 Å². The molecule has 1 aliphatic carbocycles. The number of carbonyl (C=O) groups excluding carboxylic acids is 1. The second kappa shape index (κ2) is 7.88. The molecule has 1 atom stereocenters. The maximum absolute atomic E-state index is 12.5. The quantitative estimate of drug-likeness (QED) is 0.868. The van der Waals surface area contributed by atoms with Crippen LogP contribution >= 0.6 is 12.4 Å². The zero-order valence-electron chi connectivity index (χ0n) is 15.2. The molecule has 0 spiro atoms. The van der Waals surface area contributed by atoms with E-state index in [1.807, 2.05) is 0 Å². The number of amides is 1. The first-order valence-corrected chi connectivity index (χ1v) is 9.06. The third-order valence-corrected chi connectivity index (χ3v) is 5.14. The smallest absolute Gasteiger partial charge is 0.237 e. The van der Waals surface area contributed by atoms with E-state index in [0.717, 1.165) is 31.8 Å². The number of halogens is 1. The summed E-state index contributed by atoms with van der Waals surface area (Å²) in [6, 6.07) is 9.14. The van der Waals surface area contributed by atoms with Crippen LogP contribution in [0.4, 0.5) is 0 Å². The molecule has 134 valence electrons. The third-order valence-electron chi connectivity index (χ3n) is 5.14. The van der Waals surface area contributed by atoms with E-state index in [2.05, 4.69) is 55.3 Å². The predicted octanol–water partition coefficient (Wildman–Crippen LogP) is 4.07. The molecule has 1 unspecified atom stereocenters. The summed E-state index contributed by atoms with van der Waals surface area (Å²) in [7, 11) is 0. The SMILES string of the molecule is CC(C)(C)c1ccc(C2CCCN2C(=O)CNCC2CC2)cc1.Cl. The lowest BCUT2D eigenvalue weighted by Crippen LogP contribution is -2.38. The summed E-state index contributed by atoms with van der Waals surface area (Å²) < 4.78 is 0. The van der Waals surface area contributed by atoms with Crippen LogP contribution in [0.5, 0.6) is 0 Å². The monoisotopic (exact) mass is 350 g/mol. The van der Waals surface area contributed by atoms with Crippen molar-refractivity contribution >= 4 is 18.3 Å². The van der Waals surface area contributed by atoms with Gasteiger partial charge in [-0.05, 0) is 54.7 Å². The minimum Gasteiger partial charge on any atom is -0.335 e. The van der Waals surface area contributed by atoms with Crippen LogP contribution in [0, 0.1) is 5.92 Å². The summed E-state index contributed by atoms with van der Waals surface area (Å²) in [5.74, 6) is 1.08. The second-order valence-corrected chi connectivity index (χ2v) is 8.19. The first-order chi connectivity index (χ1) is 10.9. The Kier molecular flexibility index (Phi) is 6.33. The van der Waals surface area contributed by atoms with Crippen molar-refractivity contribution in [1.82, 2.24) is 10.2 Å². The van der Waals surface area contributed by atoms with Crippen molar-refractivity contribution < 1.29 is 4.79 Å². The fraction of sp³-hybridized carbons (Fsp3) is 0.650. The fourth-order valence-electron chi connectivity index (χ4n) is 3.42. The molecule has 3 rings (SSSR count). The number of nitrogens with one attached hydrogen (secondary N) is 1. The van der Waals surface area contributed by atoms with E-state index in [-0.39, 0.29) is 29.8 Å². The van der Waals surface area contributed by atoms with E-state index >= 15 is 0 Å². The molecule has 2 aliphatic rings. The van der Waals surface area contributed by atoms with Gasteiger partial charge in [0.1, 0.15) is 0 Å². The summed E-state index contributed by atoms with van der Waals surface area (Å²) in [5, 5.41) is 3.33. The van der Waals surface area contributed by atoms with Crippen molar-refractivity contribution in [2.24, 2.45) is 5.92 Å². The zero-order chi connectivity index (χ0) is 16.4. The van der Waals surface area contributed by atoms with Crippen LogP contribution < -0.4 is 5.32 Å². The van der Waals surface area contributed by atoms with Crippen molar-refractivity contribution in [2.45, 2.75) is 57.9 Å². The highest BCUT2D eigenvalue weighted by molar-refractivity contribution is 5.85. The van der Waals surface area contributed by atoms with Crippen molar-refractivity contribution in [3.8, 4) is 0 Å². The van der Waals surface area contributed by atoms with Crippen LogP contribution in [0.3, 0.4) is 0 Å². The Morgan fingerprint density at radius 3 is 2.42 bits per heavy atom. The van der Waals surface area contributed by atoms with E-state index < -0.39 is 0 Å². The number of benzene rings is 1. The Balaban J connectivity index is 0.00000208. The molecule has 1 N–H and O–H groups in total. The third kappa shape index (κ3) is 4.73. The molecule has 3 nitrogen and oxygen atoms in total. The van der Waals surface area contributed by atoms with Crippen LogP contribution in [-0.2, 0) is 10.2 Å². The van der Waals surface area contributed by atoms with Gasteiger partial charge in [-0.3, -0.25) is 4.79 Å². The number of rotatable bonds is 5. The van der Waals surface area contributed by atoms with E-state index in [4.69, 9.17) is 0 Å². The van der Waals surface area contributed by atoms with Gasteiger partial charge in [-0.1, -0.05) is 45.0 Å². The van der Waals surface area contributed by atoms with Crippen molar-refractivity contribution in [1.29, 1.82) is 0 Å². The van der Waals surface area contributed by atoms with Crippen molar-refractivity contribution in [3.05, 3.63) is 35.4 Å². The van der Waals surface area contributed by atoms with E-state index in [9.17, 15) is 4.79 Å². The maximum Gasteiger partial charge on any atom is 0.237 e. The molecule has 2 fully saturated rings. The summed E-state index contributed by atoms with van der Waals surface area (Å²) >= 11 is 0. The maximum atomic E-state index is 12.5. The van der Waals surface area contributed by atoms with Crippen LogP contribution in [0.15, 0.2) is 24.3 Å². The summed E-state index contributed by atoms with van der Waals surface area (Å²) in [4.78, 5) is 14.6. The predicted molar refractivity (Wildman–Crippen MR) is 102 cm³/mol. The number of nitrogens with zero attached hydrogens (tertiary/aromatic N) is 1. The molecule has 1 saturated heterocycles. The molecule has 1 amide bonds. The second-order valence-electron chi connectivity index (χ2n) is 8.19. The minimum atomic E-state index is 0. The van der Waals surface area contributed by atoms with Gasteiger partial charge in [-0.2, -0.15) is 0 Å². The van der Waals surface area contributed by atoms with Gasteiger partial charge < -0.3 is 10.2 Å². The number of hydrogen-bond acceptors (Lipinski definition) is 2. The number of carbonyl (C=O) groups is 1. The fourth-order valence-corrected chi connectivity index (χ4v) is 3.42. The van der Waals surface area contributed by atoms with E-state index in [0.29, 0.717) is 6.54 Å². The molecule has 0 bridgehead atoms. The van der Waals surface area contributed by atoms with Gasteiger partial charge in [0, 0.05) is 6.54 Å². The molecule has 1 aromatic rings. The van der Waals surface area contributed by atoms with Gasteiger partial charge >= 0.3 is 0 Å². The lowest BCUT2D eigenvalue weighted by Gasteiger charge is -2.26. The van der Waals surface area contributed by atoms with Gasteiger partial charge in [0.25, 0.3) is 0 Å². The largest absolute Gasteiger partial charge is 0.335 e. The zero-order valence-corrected chi connectivity index (χ0v) is 16.0. The van der Waals surface area contributed by atoms with Gasteiger partial charge in [-0.25, -0.2) is 0 Å². The molecule has 1 saturated carbocycles. The van der Waals surface area contributed by atoms with Crippen LogP contribution in [0.1, 0.15) is 63.6 Å².